The molecule has 0 saturated heterocycles. The second kappa shape index (κ2) is 7.57. The highest BCUT2D eigenvalue weighted by Gasteiger charge is 2.21. The zero-order valence-corrected chi connectivity index (χ0v) is 13.3. The highest BCUT2D eigenvalue weighted by Crippen LogP contribution is 2.24. The number of hydrogen-bond donors (Lipinski definition) is 2. The molecule has 3 N–H and O–H groups in total. The Bertz CT molecular complexity index is 644. The predicted molar refractivity (Wildman–Crippen MR) is 90.4 cm³/mol. The number of benzene rings is 1. The molecule has 0 atom stereocenters. The molecule has 0 spiro atoms. The Labute approximate surface area is 136 Å². The SMILES string of the molecule is Nc1ncnc2cc(OCCN(CCO)C3CCCC3)ccc12. The van der Waals surface area contributed by atoms with E-state index in [2.05, 4.69) is 14.9 Å². The van der Waals surface area contributed by atoms with Crippen molar-refractivity contribution in [1.82, 2.24) is 14.9 Å². The lowest BCUT2D eigenvalue weighted by Crippen LogP contribution is -2.38. The molecule has 124 valence electrons. The van der Waals surface area contributed by atoms with Crippen molar-refractivity contribution in [2.45, 2.75) is 31.7 Å². The van der Waals surface area contributed by atoms with Crippen molar-refractivity contribution in [3.63, 3.8) is 0 Å². The highest BCUT2D eigenvalue weighted by molar-refractivity contribution is 5.88. The number of nitrogen functional groups attached to an aromatic ring is 1. The molecule has 1 aromatic heterocycles. The summed E-state index contributed by atoms with van der Waals surface area (Å²) in [5.41, 5.74) is 6.62. The minimum atomic E-state index is 0.197. The van der Waals surface area contributed by atoms with Gasteiger partial charge < -0.3 is 15.6 Å². The van der Waals surface area contributed by atoms with E-state index < -0.39 is 0 Å². The van der Waals surface area contributed by atoms with E-state index in [4.69, 9.17) is 10.5 Å². The van der Waals surface area contributed by atoms with Gasteiger partial charge in [-0.05, 0) is 25.0 Å². The molecule has 0 bridgehead atoms. The molecule has 3 rings (SSSR count). The fourth-order valence-corrected chi connectivity index (χ4v) is 3.30. The third-order valence-corrected chi connectivity index (χ3v) is 4.51. The van der Waals surface area contributed by atoms with Crippen LogP contribution in [0.25, 0.3) is 10.9 Å². The summed E-state index contributed by atoms with van der Waals surface area (Å²) in [5.74, 6) is 1.27. The number of rotatable bonds is 7. The van der Waals surface area contributed by atoms with Crippen molar-refractivity contribution >= 4 is 16.7 Å². The highest BCUT2D eigenvalue weighted by atomic mass is 16.5. The standard InChI is InChI=1S/C17H24N4O2/c18-17-15-6-5-14(11-16(15)19-12-20-17)23-10-8-21(7-9-22)13-3-1-2-4-13/h5-6,11-13,22H,1-4,7-10H2,(H2,18,19,20). The molecule has 1 heterocycles. The van der Waals surface area contributed by atoms with Crippen molar-refractivity contribution in [3.05, 3.63) is 24.5 Å². The molecule has 1 fully saturated rings. The van der Waals surface area contributed by atoms with Gasteiger partial charge in [0.1, 0.15) is 24.5 Å². The first-order chi connectivity index (χ1) is 11.3. The Morgan fingerprint density at radius 1 is 1.22 bits per heavy atom. The van der Waals surface area contributed by atoms with Crippen LogP contribution in [0, 0.1) is 0 Å². The average Bonchev–Trinajstić information content (AvgIpc) is 3.08. The molecule has 2 aromatic rings. The van der Waals surface area contributed by atoms with Crippen molar-refractivity contribution in [1.29, 1.82) is 0 Å². The molecule has 0 unspecified atom stereocenters. The van der Waals surface area contributed by atoms with Crippen LogP contribution in [0.1, 0.15) is 25.7 Å². The zero-order valence-electron chi connectivity index (χ0n) is 13.3. The minimum absolute atomic E-state index is 0.197. The predicted octanol–water partition coefficient (Wildman–Crippen LogP) is 1.83. The summed E-state index contributed by atoms with van der Waals surface area (Å²) < 4.78 is 5.87. The summed E-state index contributed by atoms with van der Waals surface area (Å²) in [7, 11) is 0. The lowest BCUT2D eigenvalue weighted by Gasteiger charge is -2.27. The van der Waals surface area contributed by atoms with Crippen molar-refractivity contribution < 1.29 is 9.84 Å². The van der Waals surface area contributed by atoms with Crippen LogP contribution < -0.4 is 10.5 Å². The van der Waals surface area contributed by atoms with Crippen molar-refractivity contribution in [2.75, 3.05) is 32.0 Å². The first kappa shape index (κ1) is 16.0. The third kappa shape index (κ3) is 3.89. The van der Waals surface area contributed by atoms with Crippen LogP contribution in [0.2, 0.25) is 0 Å². The molecular formula is C17H24N4O2. The Morgan fingerprint density at radius 3 is 2.83 bits per heavy atom. The molecule has 6 nitrogen and oxygen atoms in total. The maximum Gasteiger partial charge on any atom is 0.134 e. The number of nitrogens with zero attached hydrogens (tertiary/aromatic N) is 3. The van der Waals surface area contributed by atoms with E-state index in [0.717, 1.165) is 29.7 Å². The third-order valence-electron chi connectivity index (χ3n) is 4.51. The van der Waals surface area contributed by atoms with Crippen LogP contribution in [0.3, 0.4) is 0 Å². The Morgan fingerprint density at radius 2 is 2.04 bits per heavy atom. The summed E-state index contributed by atoms with van der Waals surface area (Å²) in [5, 5.41) is 10.1. The number of hydrogen-bond acceptors (Lipinski definition) is 6. The largest absolute Gasteiger partial charge is 0.492 e. The smallest absolute Gasteiger partial charge is 0.134 e. The lowest BCUT2D eigenvalue weighted by molar-refractivity contribution is 0.129. The van der Waals surface area contributed by atoms with Crippen LogP contribution >= 0.6 is 0 Å². The molecule has 1 saturated carbocycles. The van der Waals surface area contributed by atoms with Gasteiger partial charge in [0, 0.05) is 30.6 Å². The van der Waals surface area contributed by atoms with Gasteiger partial charge in [0.25, 0.3) is 0 Å². The van der Waals surface area contributed by atoms with E-state index in [1.165, 1.54) is 32.0 Å². The molecule has 23 heavy (non-hydrogen) atoms. The molecule has 0 amide bonds. The Kier molecular flexibility index (Phi) is 5.25. The topological polar surface area (TPSA) is 84.5 Å². The van der Waals surface area contributed by atoms with E-state index in [-0.39, 0.29) is 6.61 Å². The van der Waals surface area contributed by atoms with Crippen LogP contribution in [0.4, 0.5) is 5.82 Å². The fourth-order valence-electron chi connectivity index (χ4n) is 3.30. The van der Waals surface area contributed by atoms with Gasteiger partial charge >= 0.3 is 0 Å². The number of anilines is 1. The van der Waals surface area contributed by atoms with Gasteiger partial charge in [0.15, 0.2) is 0 Å². The molecule has 0 aliphatic heterocycles. The number of ether oxygens (including phenoxy) is 1. The summed E-state index contributed by atoms with van der Waals surface area (Å²) in [6, 6.07) is 6.27. The Hall–Kier alpha value is -1.92. The van der Waals surface area contributed by atoms with Crippen LogP contribution in [0.15, 0.2) is 24.5 Å². The van der Waals surface area contributed by atoms with Gasteiger partial charge in [-0.3, -0.25) is 4.90 Å². The second-order valence-corrected chi connectivity index (χ2v) is 5.98. The summed E-state index contributed by atoms with van der Waals surface area (Å²) in [6.07, 6.45) is 6.50. The maximum absolute atomic E-state index is 9.25. The molecule has 1 aliphatic carbocycles. The van der Waals surface area contributed by atoms with Crippen LogP contribution in [0.5, 0.6) is 5.75 Å². The normalized spacial score (nSPS) is 15.6. The monoisotopic (exact) mass is 316 g/mol. The molecule has 1 aliphatic rings. The fraction of sp³-hybridized carbons (Fsp3) is 0.529. The van der Waals surface area contributed by atoms with Gasteiger partial charge in [0.05, 0.1) is 12.1 Å². The first-order valence-electron chi connectivity index (χ1n) is 8.26. The average molecular weight is 316 g/mol. The number of aliphatic hydroxyl groups excluding tert-OH is 1. The quantitative estimate of drug-likeness (QED) is 0.810. The van der Waals surface area contributed by atoms with Gasteiger partial charge in [-0.1, -0.05) is 12.8 Å². The van der Waals surface area contributed by atoms with Crippen LogP contribution in [-0.2, 0) is 0 Å². The number of aromatic nitrogens is 2. The van der Waals surface area contributed by atoms with Gasteiger partial charge in [0.2, 0.25) is 0 Å². The van der Waals surface area contributed by atoms with Gasteiger partial charge in [-0.25, -0.2) is 9.97 Å². The number of aliphatic hydroxyl groups is 1. The zero-order chi connectivity index (χ0) is 16.1. The summed E-state index contributed by atoms with van der Waals surface area (Å²) in [6.45, 7) is 2.34. The maximum atomic E-state index is 9.25. The molecule has 0 radical (unpaired) electrons. The number of fused-ring (bicyclic) bond motifs is 1. The van der Waals surface area contributed by atoms with Crippen molar-refractivity contribution in [3.8, 4) is 5.75 Å². The van der Waals surface area contributed by atoms with E-state index in [9.17, 15) is 5.11 Å². The van der Waals surface area contributed by atoms with E-state index in [1.54, 1.807) is 0 Å². The van der Waals surface area contributed by atoms with Crippen molar-refractivity contribution in [2.24, 2.45) is 0 Å². The van der Waals surface area contributed by atoms with Gasteiger partial charge in [-0.2, -0.15) is 0 Å². The van der Waals surface area contributed by atoms with E-state index in [1.807, 2.05) is 18.2 Å². The molecule has 1 aromatic carbocycles. The van der Waals surface area contributed by atoms with E-state index >= 15 is 0 Å². The van der Waals surface area contributed by atoms with Gasteiger partial charge in [-0.15, -0.1) is 0 Å². The molecule has 6 heteroatoms. The first-order valence-corrected chi connectivity index (χ1v) is 8.26. The summed E-state index contributed by atoms with van der Waals surface area (Å²) >= 11 is 0. The minimum Gasteiger partial charge on any atom is -0.492 e. The van der Waals surface area contributed by atoms with Crippen LogP contribution in [-0.4, -0.2) is 52.3 Å². The molecular weight excluding hydrogens is 292 g/mol. The Balaban J connectivity index is 1.58. The lowest BCUT2D eigenvalue weighted by atomic mass is 10.2. The number of nitrogens with two attached hydrogens (primary N) is 1. The second-order valence-electron chi connectivity index (χ2n) is 5.98. The van der Waals surface area contributed by atoms with E-state index in [0.29, 0.717) is 18.5 Å². The summed E-state index contributed by atoms with van der Waals surface area (Å²) in [4.78, 5) is 10.5.